The first-order chi connectivity index (χ1) is 9.28. The van der Waals surface area contributed by atoms with Crippen LogP contribution in [0.15, 0.2) is 42.5 Å². The van der Waals surface area contributed by atoms with Gasteiger partial charge in [-0.25, -0.2) is 0 Å². The minimum absolute atomic E-state index is 0.299. The molecule has 1 nitrogen and oxygen atoms in total. The molecule has 1 heterocycles. The van der Waals surface area contributed by atoms with Gasteiger partial charge in [-0.1, -0.05) is 48.9 Å². The van der Waals surface area contributed by atoms with Crippen molar-refractivity contribution in [2.24, 2.45) is 0 Å². The van der Waals surface area contributed by atoms with E-state index < -0.39 is 0 Å². The van der Waals surface area contributed by atoms with Crippen molar-refractivity contribution in [2.45, 2.75) is 25.8 Å². The molecule has 0 aliphatic carbocycles. The summed E-state index contributed by atoms with van der Waals surface area (Å²) >= 11 is 5.98. The van der Waals surface area contributed by atoms with E-state index in [0.717, 1.165) is 24.4 Å². The van der Waals surface area contributed by atoms with E-state index in [0.29, 0.717) is 6.04 Å². The highest BCUT2D eigenvalue weighted by molar-refractivity contribution is 6.30. The third-order valence-corrected chi connectivity index (χ3v) is 4.13. The molecule has 0 saturated carbocycles. The molecule has 0 saturated heterocycles. The maximum Gasteiger partial charge on any atom is 0.0579 e. The normalized spacial score (nSPS) is 18.1. The highest BCUT2D eigenvalue weighted by atomic mass is 35.5. The molecule has 2 heteroatoms. The Balaban J connectivity index is 2.03. The molecular weight excluding hydrogens is 254 g/mol. The number of hydrogen-bond donors (Lipinski definition) is 1. The highest BCUT2D eigenvalue weighted by Gasteiger charge is 2.21. The van der Waals surface area contributed by atoms with Crippen LogP contribution in [0.5, 0.6) is 0 Å². The number of rotatable bonds is 2. The van der Waals surface area contributed by atoms with E-state index in [9.17, 15) is 0 Å². The van der Waals surface area contributed by atoms with Crippen LogP contribution in [0.4, 0.5) is 0 Å². The monoisotopic (exact) mass is 271 g/mol. The summed E-state index contributed by atoms with van der Waals surface area (Å²) in [6, 6.07) is 15.4. The maximum absolute atomic E-state index is 5.98. The molecule has 1 N–H and O–H groups in total. The fourth-order valence-electron chi connectivity index (χ4n) is 2.77. The Labute approximate surface area is 119 Å². The molecule has 1 atom stereocenters. The van der Waals surface area contributed by atoms with Crippen LogP contribution in [0.25, 0.3) is 0 Å². The Morgan fingerprint density at radius 1 is 1.16 bits per heavy atom. The minimum atomic E-state index is 0.299. The highest BCUT2D eigenvalue weighted by Crippen LogP contribution is 2.30. The second-order valence-corrected chi connectivity index (χ2v) is 5.51. The zero-order valence-electron chi connectivity index (χ0n) is 11.1. The molecule has 0 bridgehead atoms. The van der Waals surface area contributed by atoms with Crippen molar-refractivity contribution in [1.29, 1.82) is 0 Å². The molecule has 98 valence electrons. The summed E-state index contributed by atoms with van der Waals surface area (Å²) in [6.07, 6.45) is 2.20. The van der Waals surface area contributed by atoms with Gasteiger partial charge in [0, 0.05) is 11.6 Å². The zero-order valence-corrected chi connectivity index (χ0v) is 11.9. The Morgan fingerprint density at radius 2 is 1.95 bits per heavy atom. The largest absolute Gasteiger partial charge is 0.306 e. The molecule has 19 heavy (non-hydrogen) atoms. The summed E-state index contributed by atoms with van der Waals surface area (Å²) in [7, 11) is 0. The van der Waals surface area contributed by atoms with Crippen LogP contribution < -0.4 is 5.32 Å². The van der Waals surface area contributed by atoms with Crippen LogP contribution in [0.1, 0.15) is 35.2 Å². The number of benzene rings is 2. The lowest BCUT2D eigenvalue weighted by Gasteiger charge is -2.28. The average molecular weight is 272 g/mol. The lowest BCUT2D eigenvalue weighted by Crippen LogP contribution is -2.30. The van der Waals surface area contributed by atoms with Gasteiger partial charge in [0.25, 0.3) is 0 Å². The molecule has 1 aliphatic heterocycles. The van der Waals surface area contributed by atoms with E-state index in [1.54, 1.807) is 0 Å². The average Bonchev–Trinajstić information content (AvgIpc) is 2.47. The van der Waals surface area contributed by atoms with Gasteiger partial charge >= 0.3 is 0 Å². The number of nitrogens with one attached hydrogen (secondary N) is 1. The van der Waals surface area contributed by atoms with E-state index >= 15 is 0 Å². The summed E-state index contributed by atoms with van der Waals surface area (Å²) in [5.41, 5.74) is 5.59. The first kappa shape index (κ1) is 12.7. The Bertz CT molecular complexity index is 574. The van der Waals surface area contributed by atoms with Crippen molar-refractivity contribution in [1.82, 2.24) is 5.32 Å². The first-order valence-corrected chi connectivity index (χ1v) is 7.26. The van der Waals surface area contributed by atoms with Gasteiger partial charge in [0.1, 0.15) is 0 Å². The molecule has 2 aromatic rings. The van der Waals surface area contributed by atoms with Crippen molar-refractivity contribution >= 4 is 11.6 Å². The van der Waals surface area contributed by atoms with Gasteiger partial charge in [-0.05, 0) is 47.2 Å². The molecule has 3 rings (SSSR count). The van der Waals surface area contributed by atoms with Crippen molar-refractivity contribution in [3.8, 4) is 0 Å². The van der Waals surface area contributed by atoms with Gasteiger partial charge in [-0.2, -0.15) is 0 Å². The lowest BCUT2D eigenvalue weighted by atomic mass is 9.88. The van der Waals surface area contributed by atoms with E-state index in [4.69, 9.17) is 11.6 Å². The van der Waals surface area contributed by atoms with Gasteiger partial charge in [-0.3, -0.25) is 0 Å². The van der Waals surface area contributed by atoms with Crippen LogP contribution in [0.2, 0.25) is 5.02 Å². The second kappa shape index (κ2) is 5.36. The fourth-order valence-corrected chi connectivity index (χ4v) is 2.90. The van der Waals surface area contributed by atoms with Crippen LogP contribution in [0.3, 0.4) is 0 Å². The van der Waals surface area contributed by atoms with Crippen molar-refractivity contribution in [2.75, 3.05) is 6.54 Å². The Hall–Kier alpha value is -1.31. The fraction of sp³-hybridized carbons (Fsp3) is 0.294. The molecule has 0 fully saturated rings. The number of halogens is 1. The van der Waals surface area contributed by atoms with Crippen LogP contribution in [0, 0.1) is 0 Å². The van der Waals surface area contributed by atoms with Gasteiger partial charge in [0.2, 0.25) is 0 Å². The van der Waals surface area contributed by atoms with E-state index in [1.165, 1.54) is 22.3 Å². The van der Waals surface area contributed by atoms with Gasteiger partial charge in [-0.15, -0.1) is 0 Å². The summed E-state index contributed by atoms with van der Waals surface area (Å²) < 4.78 is 0. The number of hydrogen-bond acceptors (Lipinski definition) is 1. The summed E-state index contributed by atoms with van der Waals surface area (Å²) in [4.78, 5) is 0. The predicted octanol–water partition coefficient (Wildman–Crippen LogP) is 4.14. The molecule has 0 spiro atoms. The summed E-state index contributed by atoms with van der Waals surface area (Å²) in [6.45, 7) is 3.24. The number of fused-ring (bicyclic) bond motifs is 1. The minimum Gasteiger partial charge on any atom is -0.306 e. The lowest BCUT2D eigenvalue weighted by molar-refractivity contribution is 0.567. The molecule has 0 amide bonds. The second-order valence-electron chi connectivity index (χ2n) is 5.08. The van der Waals surface area contributed by atoms with Crippen LogP contribution in [-0.2, 0) is 12.8 Å². The van der Waals surface area contributed by atoms with Crippen molar-refractivity contribution in [3.63, 3.8) is 0 Å². The van der Waals surface area contributed by atoms with Gasteiger partial charge in [0.05, 0.1) is 6.04 Å². The van der Waals surface area contributed by atoms with E-state index in [1.807, 2.05) is 12.1 Å². The number of aryl methyl sites for hydroxylation is 1. The molecule has 0 radical (unpaired) electrons. The molecule has 0 aromatic heterocycles. The molecule has 1 unspecified atom stereocenters. The molecule has 1 aliphatic rings. The zero-order chi connectivity index (χ0) is 13.2. The molecular formula is C17H18ClN. The Kier molecular flexibility index (Phi) is 3.58. The third-order valence-electron chi connectivity index (χ3n) is 3.88. The van der Waals surface area contributed by atoms with Crippen LogP contribution in [-0.4, -0.2) is 6.54 Å². The SMILES string of the molecule is CCc1ccc2c(c1)C(c1ccc(Cl)cc1)NCC2. The van der Waals surface area contributed by atoms with E-state index in [-0.39, 0.29) is 0 Å². The van der Waals surface area contributed by atoms with E-state index in [2.05, 4.69) is 42.6 Å². The van der Waals surface area contributed by atoms with Gasteiger partial charge < -0.3 is 5.32 Å². The smallest absolute Gasteiger partial charge is 0.0579 e. The van der Waals surface area contributed by atoms with Gasteiger partial charge in [0.15, 0.2) is 0 Å². The van der Waals surface area contributed by atoms with Crippen molar-refractivity contribution < 1.29 is 0 Å². The summed E-state index contributed by atoms with van der Waals surface area (Å²) in [5, 5.41) is 4.41. The Morgan fingerprint density at radius 3 is 2.68 bits per heavy atom. The predicted molar refractivity (Wildman–Crippen MR) is 80.8 cm³/mol. The van der Waals surface area contributed by atoms with Crippen molar-refractivity contribution in [3.05, 3.63) is 69.7 Å². The first-order valence-electron chi connectivity index (χ1n) is 6.88. The standard InChI is InChI=1S/C17H18ClN/c1-2-12-3-4-13-9-10-19-17(16(13)11-12)14-5-7-15(18)8-6-14/h3-8,11,17,19H,2,9-10H2,1H3. The van der Waals surface area contributed by atoms with Crippen LogP contribution >= 0.6 is 11.6 Å². The topological polar surface area (TPSA) is 12.0 Å². The quantitative estimate of drug-likeness (QED) is 0.866. The maximum atomic E-state index is 5.98. The summed E-state index contributed by atoms with van der Waals surface area (Å²) in [5.74, 6) is 0. The third kappa shape index (κ3) is 2.54. The molecule has 2 aromatic carbocycles.